The number of hydrogen-bond acceptors (Lipinski definition) is 3. The number of benzene rings is 1. The number of rotatable bonds is 8. The lowest BCUT2D eigenvalue weighted by atomic mass is 9.96. The van der Waals surface area contributed by atoms with E-state index in [0.29, 0.717) is 6.42 Å². The Morgan fingerprint density at radius 1 is 1.40 bits per heavy atom. The Bertz CT molecular complexity index is 715. The predicted molar refractivity (Wildman–Crippen MR) is 108 cm³/mol. The molecule has 2 rings (SSSR count). The molecule has 1 saturated carbocycles. The largest absolute Gasteiger partial charge is 0.357 e. The lowest BCUT2D eigenvalue weighted by Gasteiger charge is -2.19. The Kier molecular flexibility index (Phi) is 6.91. The average molecular weight is 430 g/mol. The van der Waals surface area contributed by atoms with Crippen LogP contribution in [-0.2, 0) is 15.3 Å². The maximum atomic E-state index is 11.3. The standard InChI is InChI=1S/C18H28BrN3O2S/c1-4-20-17(22-14(2)8-11-25(3,23)24)21-13-18(9-10-18)15-6-5-7-16(19)12-15/h5-7,12,14H,4,8-11,13H2,1-3H3,(H2,20,21,22). The van der Waals surface area contributed by atoms with Crippen LogP contribution in [-0.4, -0.2) is 45.5 Å². The molecule has 0 bridgehead atoms. The van der Waals surface area contributed by atoms with Gasteiger partial charge in [-0.1, -0.05) is 28.1 Å². The first-order valence-corrected chi connectivity index (χ1v) is 11.6. The van der Waals surface area contributed by atoms with Crippen molar-refractivity contribution >= 4 is 31.7 Å². The summed E-state index contributed by atoms with van der Waals surface area (Å²) in [6.07, 6.45) is 4.14. The molecule has 0 spiro atoms. The molecule has 25 heavy (non-hydrogen) atoms. The molecular formula is C18H28BrN3O2S. The molecule has 1 aliphatic carbocycles. The fraction of sp³-hybridized carbons (Fsp3) is 0.611. The lowest BCUT2D eigenvalue weighted by molar-refractivity contribution is 0.580. The Morgan fingerprint density at radius 2 is 2.12 bits per heavy atom. The summed E-state index contributed by atoms with van der Waals surface area (Å²) in [6, 6.07) is 8.51. The average Bonchev–Trinajstić information content (AvgIpc) is 3.32. The molecule has 0 radical (unpaired) electrons. The molecule has 0 aliphatic heterocycles. The molecule has 140 valence electrons. The minimum Gasteiger partial charge on any atom is -0.357 e. The van der Waals surface area contributed by atoms with Crippen LogP contribution in [0.15, 0.2) is 33.7 Å². The zero-order chi connectivity index (χ0) is 18.5. The topological polar surface area (TPSA) is 70.6 Å². The van der Waals surface area contributed by atoms with E-state index in [1.165, 1.54) is 11.8 Å². The smallest absolute Gasteiger partial charge is 0.191 e. The number of halogens is 1. The molecular weight excluding hydrogens is 402 g/mol. The van der Waals surface area contributed by atoms with E-state index in [-0.39, 0.29) is 17.2 Å². The van der Waals surface area contributed by atoms with Crippen LogP contribution < -0.4 is 10.6 Å². The second-order valence-electron chi connectivity index (χ2n) is 6.95. The third kappa shape index (κ3) is 6.62. The monoisotopic (exact) mass is 429 g/mol. The van der Waals surface area contributed by atoms with Crippen LogP contribution in [0.2, 0.25) is 0 Å². The Hall–Kier alpha value is -1.08. The number of nitrogens with zero attached hydrogens (tertiary/aromatic N) is 1. The van der Waals surface area contributed by atoms with Crippen molar-refractivity contribution in [2.75, 3.05) is 25.1 Å². The number of sulfone groups is 1. The minimum atomic E-state index is -2.94. The van der Waals surface area contributed by atoms with Crippen molar-refractivity contribution in [3.8, 4) is 0 Å². The molecule has 5 nitrogen and oxygen atoms in total. The maximum Gasteiger partial charge on any atom is 0.191 e. The van der Waals surface area contributed by atoms with Gasteiger partial charge in [-0.15, -0.1) is 0 Å². The van der Waals surface area contributed by atoms with Crippen LogP contribution >= 0.6 is 15.9 Å². The van der Waals surface area contributed by atoms with Crippen molar-refractivity contribution in [2.24, 2.45) is 4.99 Å². The van der Waals surface area contributed by atoms with Crippen molar-refractivity contribution in [1.82, 2.24) is 10.6 Å². The van der Waals surface area contributed by atoms with Crippen molar-refractivity contribution in [3.05, 3.63) is 34.3 Å². The fourth-order valence-corrected chi connectivity index (χ4v) is 3.94. The van der Waals surface area contributed by atoms with Crippen LogP contribution in [0.1, 0.15) is 38.7 Å². The first-order valence-electron chi connectivity index (χ1n) is 8.73. The van der Waals surface area contributed by atoms with Gasteiger partial charge in [0.2, 0.25) is 0 Å². The number of aliphatic imine (C=N–C) groups is 1. The SMILES string of the molecule is CCNC(=NCC1(c2cccc(Br)c2)CC1)NC(C)CCS(C)(=O)=O. The first-order chi connectivity index (χ1) is 11.7. The summed E-state index contributed by atoms with van der Waals surface area (Å²) < 4.78 is 23.7. The van der Waals surface area contributed by atoms with E-state index in [4.69, 9.17) is 4.99 Å². The van der Waals surface area contributed by atoms with Crippen LogP contribution in [0.5, 0.6) is 0 Å². The Labute approximate surface area is 159 Å². The second kappa shape index (κ2) is 8.54. The Balaban J connectivity index is 1.99. The summed E-state index contributed by atoms with van der Waals surface area (Å²) in [6.45, 7) is 5.52. The van der Waals surface area contributed by atoms with Crippen LogP contribution in [0, 0.1) is 0 Å². The van der Waals surface area contributed by atoms with E-state index in [0.717, 1.165) is 36.4 Å². The van der Waals surface area contributed by atoms with E-state index >= 15 is 0 Å². The Morgan fingerprint density at radius 3 is 2.68 bits per heavy atom. The molecule has 1 aliphatic rings. The molecule has 0 heterocycles. The summed E-state index contributed by atoms with van der Waals surface area (Å²) in [5.41, 5.74) is 1.47. The number of nitrogens with one attached hydrogen (secondary N) is 2. The van der Waals surface area contributed by atoms with Crippen molar-refractivity contribution in [2.45, 2.75) is 44.6 Å². The number of hydrogen-bond donors (Lipinski definition) is 2. The van der Waals surface area contributed by atoms with Gasteiger partial charge in [0.1, 0.15) is 9.84 Å². The zero-order valence-electron chi connectivity index (χ0n) is 15.2. The van der Waals surface area contributed by atoms with E-state index in [1.54, 1.807) is 0 Å². The first kappa shape index (κ1) is 20.2. The van der Waals surface area contributed by atoms with Crippen LogP contribution in [0.3, 0.4) is 0 Å². The van der Waals surface area contributed by atoms with Gasteiger partial charge in [-0.2, -0.15) is 0 Å². The van der Waals surface area contributed by atoms with Gasteiger partial charge in [-0.25, -0.2) is 8.42 Å². The van der Waals surface area contributed by atoms with Gasteiger partial charge in [-0.3, -0.25) is 4.99 Å². The maximum absolute atomic E-state index is 11.3. The molecule has 1 atom stereocenters. The third-order valence-electron chi connectivity index (χ3n) is 4.48. The highest BCUT2D eigenvalue weighted by molar-refractivity contribution is 9.10. The van der Waals surface area contributed by atoms with Gasteiger partial charge >= 0.3 is 0 Å². The molecule has 0 aromatic heterocycles. The lowest BCUT2D eigenvalue weighted by Crippen LogP contribution is -2.43. The van der Waals surface area contributed by atoms with Gasteiger partial charge in [0.15, 0.2) is 5.96 Å². The van der Waals surface area contributed by atoms with Crippen molar-refractivity contribution < 1.29 is 8.42 Å². The molecule has 2 N–H and O–H groups in total. The summed E-state index contributed by atoms with van der Waals surface area (Å²) in [4.78, 5) is 4.77. The zero-order valence-corrected chi connectivity index (χ0v) is 17.6. The predicted octanol–water partition coefficient (Wildman–Crippen LogP) is 2.86. The van der Waals surface area contributed by atoms with Crippen LogP contribution in [0.4, 0.5) is 0 Å². The molecule has 1 aromatic rings. The van der Waals surface area contributed by atoms with E-state index in [1.807, 2.05) is 19.9 Å². The third-order valence-corrected chi connectivity index (χ3v) is 5.95. The van der Waals surface area contributed by atoms with Gasteiger partial charge in [0, 0.05) is 28.7 Å². The van der Waals surface area contributed by atoms with Crippen LogP contribution in [0.25, 0.3) is 0 Å². The molecule has 7 heteroatoms. The normalized spacial score (nSPS) is 17.8. The highest BCUT2D eigenvalue weighted by Gasteiger charge is 2.44. The summed E-state index contributed by atoms with van der Waals surface area (Å²) in [7, 11) is -2.94. The van der Waals surface area contributed by atoms with E-state index in [2.05, 4.69) is 44.8 Å². The van der Waals surface area contributed by atoms with E-state index in [9.17, 15) is 8.42 Å². The summed E-state index contributed by atoms with van der Waals surface area (Å²) in [5, 5.41) is 6.57. The van der Waals surface area contributed by atoms with Crippen molar-refractivity contribution in [1.29, 1.82) is 0 Å². The minimum absolute atomic E-state index is 0.0496. The van der Waals surface area contributed by atoms with Gasteiger partial charge < -0.3 is 10.6 Å². The molecule has 1 fully saturated rings. The van der Waals surface area contributed by atoms with Gasteiger partial charge in [-0.05, 0) is 50.8 Å². The van der Waals surface area contributed by atoms with Gasteiger partial charge in [0.25, 0.3) is 0 Å². The highest BCUT2D eigenvalue weighted by atomic mass is 79.9. The summed E-state index contributed by atoms with van der Waals surface area (Å²) >= 11 is 3.54. The molecule has 1 unspecified atom stereocenters. The highest BCUT2D eigenvalue weighted by Crippen LogP contribution is 2.48. The quantitative estimate of drug-likeness (QED) is 0.492. The van der Waals surface area contributed by atoms with Gasteiger partial charge in [0.05, 0.1) is 12.3 Å². The number of guanidine groups is 1. The second-order valence-corrected chi connectivity index (χ2v) is 10.1. The van der Waals surface area contributed by atoms with E-state index < -0.39 is 9.84 Å². The molecule has 0 saturated heterocycles. The fourth-order valence-electron chi connectivity index (χ4n) is 2.75. The molecule has 0 amide bonds. The summed E-state index contributed by atoms with van der Waals surface area (Å²) in [5.74, 6) is 0.938. The molecule has 1 aromatic carbocycles. The van der Waals surface area contributed by atoms with Crippen molar-refractivity contribution in [3.63, 3.8) is 0 Å².